The van der Waals surface area contributed by atoms with Crippen LogP contribution in [0.1, 0.15) is 56.3 Å². The number of benzene rings is 1. The first-order valence-corrected chi connectivity index (χ1v) is 10.1. The van der Waals surface area contributed by atoms with Gasteiger partial charge in [-0.1, -0.05) is 12.1 Å². The highest BCUT2D eigenvalue weighted by Gasteiger charge is 2.43. The van der Waals surface area contributed by atoms with Gasteiger partial charge >= 0.3 is 0 Å². The van der Waals surface area contributed by atoms with Crippen LogP contribution in [-0.4, -0.2) is 59.1 Å². The molecule has 0 aromatic heterocycles. The van der Waals surface area contributed by atoms with E-state index in [2.05, 4.69) is 29.0 Å². The van der Waals surface area contributed by atoms with Gasteiger partial charge in [0, 0.05) is 38.0 Å². The zero-order valence-electron chi connectivity index (χ0n) is 16.2. The van der Waals surface area contributed by atoms with E-state index in [0.717, 1.165) is 25.9 Å². The molecule has 1 aromatic carbocycles. The summed E-state index contributed by atoms with van der Waals surface area (Å²) in [5.74, 6) is 0.809. The number of ether oxygens (including phenoxy) is 1. The van der Waals surface area contributed by atoms with E-state index in [9.17, 15) is 9.59 Å². The fourth-order valence-electron chi connectivity index (χ4n) is 4.74. The Morgan fingerprint density at radius 1 is 1.19 bits per heavy atom. The van der Waals surface area contributed by atoms with Crippen LogP contribution in [0.25, 0.3) is 0 Å². The number of likely N-dealkylation sites (tertiary alicyclic amines) is 2. The van der Waals surface area contributed by atoms with Crippen LogP contribution < -0.4 is 10.1 Å². The molecular weight excluding hydrogens is 342 g/mol. The van der Waals surface area contributed by atoms with Crippen LogP contribution in [0.5, 0.6) is 5.75 Å². The molecule has 3 heterocycles. The topological polar surface area (TPSA) is 61.9 Å². The van der Waals surface area contributed by atoms with E-state index in [4.69, 9.17) is 4.74 Å². The highest BCUT2D eigenvalue weighted by atomic mass is 16.5. The van der Waals surface area contributed by atoms with Gasteiger partial charge in [-0.25, -0.2) is 0 Å². The summed E-state index contributed by atoms with van der Waals surface area (Å²) in [6, 6.07) is 8.03. The van der Waals surface area contributed by atoms with Gasteiger partial charge in [-0.3, -0.25) is 14.5 Å². The molecule has 6 heteroatoms. The molecule has 2 atom stereocenters. The molecule has 1 N–H and O–H groups in total. The summed E-state index contributed by atoms with van der Waals surface area (Å²) in [6.07, 6.45) is 4.77. The van der Waals surface area contributed by atoms with Crippen molar-refractivity contribution in [3.63, 3.8) is 0 Å². The smallest absolute Gasteiger partial charge is 0.258 e. The van der Waals surface area contributed by atoms with E-state index in [1.807, 2.05) is 18.2 Å². The number of piperidine rings is 2. The third kappa shape index (κ3) is 3.55. The fraction of sp³-hybridized carbons (Fsp3) is 0.619. The molecule has 146 valence electrons. The van der Waals surface area contributed by atoms with E-state index in [1.165, 1.54) is 6.42 Å². The molecule has 0 bridgehead atoms. The number of rotatable bonds is 2. The molecule has 3 aliphatic heterocycles. The van der Waals surface area contributed by atoms with Crippen LogP contribution in [0.15, 0.2) is 24.3 Å². The van der Waals surface area contributed by atoms with Crippen LogP contribution >= 0.6 is 0 Å². The fourth-order valence-corrected chi connectivity index (χ4v) is 4.74. The molecule has 0 radical (unpaired) electrons. The van der Waals surface area contributed by atoms with E-state index in [0.29, 0.717) is 42.8 Å². The van der Waals surface area contributed by atoms with Crippen molar-refractivity contribution in [2.75, 3.05) is 19.6 Å². The van der Waals surface area contributed by atoms with Crippen LogP contribution in [0.3, 0.4) is 0 Å². The standard InChI is InChI=1S/C21H29N3O3/c1-15-6-5-7-16(2)24(15)19(25)14-23-12-10-21(11-13-23)22-20(26)17-8-3-4-9-18(17)27-21/h3-4,8-9,15-16H,5-7,10-14H2,1-2H3,(H,22,26). The lowest BCUT2D eigenvalue weighted by atomic mass is 9.96. The van der Waals surface area contributed by atoms with Crippen molar-refractivity contribution >= 4 is 11.8 Å². The Morgan fingerprint density at radius 2 is 1.85 bits per heavy atom. The first kappa shape index (κ1) is 18.3. The molecule has 6 nitrogen and oxygen atoms in total. The third-order valence-electron chi connectivity index (χ3n) is 6.28. The monoisotopic (exact) mass is 371 g/mol. The van der Waals surface area contributed by atoms with Crippen LogP contribution in [0.4, 0.5) is 0 Å². The first-order chi connectivity index (χ1) is 13.0. The number of carbonyl (C=O) groups is 2. The van der Waals surface area contributed by atoms with Gasteiger partial charge in [0.25, 0.3) is 5.91 Å². The molecule has 27 heavy (non-hydrogen) atoms. The molecule has 0 saturated carbocycles. The summed E-state index contributed by atoms with van der Waals surface area (Å²) >= 11 is 0. The Bertz CT molecular complexity index is 717. The lowest BCUT2D eigenvalue weighted by Gasteiger charge is -2.45. The molecule has 2 unspecified atom stereocenters. The van der Waals surface area contributed by atoms with Crippen molar-refractivity contribution in [1.29, 1.82) is 0 Å². The molecule has 2 saturated heterocycles. The molecule has 1 spiro atoms. The maximum atomic E-state index is 12.9. The minimum absolute atomic E-state index is 0.0719. The number of hydrogen-bond acceptors (Lipinski definition) is 4. The average Bonchev–Trinajstić information content (AvgIpc) is 2.64. The highest BCUT2D eigenvalue weighted by molar-refractivity contribution is 5.98. The molecule has 3 aliphatic rings. The maximum absolute atomic E-state index is 12.9. The van der Waals surface area contributed by atoms with Gasteiger partial charge in [0.15, 0.2) is 5.72 Å². The van der Waals surface area contributed by atoms with Gasteiger partial charge in [0.05, 0.1) is 12.1 Å². The number of fused-ring (bicyclic) bond motifs is 1. The zero-order valence-corrected chi connectivity index (χ0v) is 16.2. The third-order valence-corrected chi connectivity index (χ3v) is 6.28. The Morgan fingerprint density at radius 3 is 2.56 bits per heavy atom. The second-order valence-corrected chi connectivity index (χ2v) is 8.25. The molecule has 2 amide bonds. The number of nitrogens with one attached hydrogen (secondary N) is 1. The Hall–Kier alpha value is -2.08. The molecular formula is C21H29N3O3. The number of hydrogen-bond donors (Lipinski definition) is 1. The summed E-state index contributed by atoms with van der Waals surface area (Å²) in [5, 5.41) is 3.06. The van der Waals surface area contributed by atoms with E-state index in [1.54, 1.807) is 6.07 Å². The van der Waals surface area contributed by atoms with Gasteiger partial charge in [-0.2, -0.15) is 0 Å². The molecule has 1 aromatic rings. The zero-order chi connectivity index (χ0) is 19.0. The second kappa shape index (κ2) is 7.15. The predicted molar refractivity (Wildman–Crippen MR) is 103 cm³/mol. The Balaban J connectivity index is 1.37. The van der Waals surface area contributed by atoms with Gasteiger partial charge < -0.3 is 15.0 Å². The summed E-state index contributed by atoms with van der Waals surface area (Å²) in [5.41, 5.74) is -0.0507. The first-order valence-electron chi connectivity index (χ1n) is 10.1. The van der Waals surface area contributed by atoms with Crippen molar-refractivity contribution in [2.24, 2.45) is 0 Å². The summed E-state index contributed by atoms with van der Waals surface area (Å²) in [7, 11) is 0. The number of amides is 2. The van der Waals surface area contributed by atoms with E-state index in [-0.39, 0.29) is 11.8 Å². The summed E-state index contributed by atoms with van der Waals surface area (Å²) in [4.78, 5) is 29.5. The van der Waals surface area contributed by atoms with Crippen LogP contribution in [0, 0.1) is 0 Å². The minimum Gasteiger partial charge on any atom is -0.467 e. The van der Waals surface area contributed by atoms with E-state index >= 15 is 0 Å². The minimum atomic E-state index is -0.642. The van der Waals surface area contributed by atoms with Gasteiger partial charge in [0.1, 0.15) is 5.75 Å². The predicted octanol–water partition coefficient (Wildman–Crippen LogP) is 2.39. The van der Waals surface area contributed by atoms with Gasteiger partial charge in [-0.15, -0.1) is 0 Å². The highest BCUT2D eigenvalue weighted by Crippen LogP contribution is 2.33. The Labute approximate surface area is 160 Å². The maximum Gasteiger partial charge on any atom is 0.258 e. The van der Waals surface area contributed by atoms with Crippen molar-refractivity contribution < 1.29 is 14.3 Å². The summed E-state index contributed by atoms with van der Waals surface area (Å²) < 4.78 is 6.18. The number of nitrogens with zero attached hydrogens (tertiary/aromatic N) is 2. The van der Waals surface area contributed by atoms with Crippen molar-refractivity contribution in [3.8, 4) is 5.75 Å². The normalized spacial score (nSPS) is 27.6. The number of para-hydroxylation sites is 1. The van der Waals surface area contributed by atoms with Crippen molar-refractivity contribution in [2.45, 2.75) is 63.8 Å². The number of carbonyl (C=O) groups excluding carboxylic acids is 2. The van der Waals surface area contributed by atoms with Crippen molar-refractivity contribution in [3.05, 3.63) is 29.8 Å². The van der Waals surface area contributed by atoms with Crippen LogP contribution in [0.2, 0.25) is 0 Å². The molecule has 2 fully saturated rings. The molecule has 4 rings (SSSR count). The van der Waals surface area contributed by atoms with E-state index < -0.39 is 5.72 Å². The largest absolute Gasteiger partial charge is 0.467 e. The average molecular weight is 371 g/mol. The lowest BCUT2D eigenvalue weighted by molar-refractivity contribution is -0.139. The van der Waals surface area contributed by atoms with Gasteiger partial charge in [-0.05, 0) is 45.2 Å². The lowest BCUT2D eigenvalue weighted by Crippen LogP contribution is -2.62. The van der Waals surface area contributed by atoms with Crippen LogP contribution in [-0.2, 0) is 4.79 Å². The second-order valence-electron chi connectivity index (χ2n) is 8.25. The molecule has 0 aliphatic carbocycles. The quantitative estimate of drug-likeness (QED) is 0.867. The summed E-state index contributed by atoms with van der Waals surface area (Å²) in [6.45, 7) is 6.24. The Kier molecular flexibility index (Phi) is 4.84. The SMILES string of the molecule is CC1CCCC(C)N1C(=O)CN1CCC2(CC1)NC(=O)c1ccccc1O2. The van der Waals surface area contributed by atoms with Gasteiger partial charge in [0.2, 0.25) is 5.91 Å². The van der Waals surface area contributed by atoms with Crippen molar-refractivity contribution in [1.82, 2.24) is 15.1 Å².